The Kier molecular flexibility index (Phi) is 6.58. The summed E-state index contributed by atoms with van der Waals surface area (Å²) in [6.07, 6.45) is 4.69. The number of unbranched alkanes of at least 4 members (excludes halogenated alkanes) is 2. The molecule has 0 bridgehead atoms. The van der Waals surface area contributed by atoms with Crippen LogP contribution >= 0.6 is 0 Å². The lowest BCUT2D eigenvalue weighted by Crippen LogP contribution is -2.25. The van der Waals surface area contributed by atoms with Gasteiger partial charge in [0.05, 0.1) is 0 Å². The lowest BCUT2D eigenvalue weighted by molar-refractivity contribution is 0.252. The molecule has 0 unspecified atom stereocenters. The van der Waals surface area contributed by atoms with E-state index < -0.39 is 0 Å². The number of phenols is 2. The van der Waals surface area contributed by atoms with E-state index in [9.17, 15) is 10.2 Å². The third kappa shape index (κ3) is 4.57. The highest BCUT2D eigenvalue weighted by Gasteiger charge is 2.10. The van der Waals surface area contributed by atoms with Crippen molar-refractivity contribution in [3.05, 3.63) is 23.8 Å². The minimum atomic E-state index is -0.0292. The molecule has 1 aromatic rings. The molecule has 0 heterocycles. The van der Waals surface area contributed by atoms with Crippen molar-refractivity contribution in [1.82, 2.24) is 4.90 Å². The van der Waals surface area contributed by atoms with Crippen molar-refractivity contribution in [2.75, 3.05) is 13.1 Å². The molecule has 0 aliphatic rings. The Morgan fingerprint density at radius 1 is 1.00 bits per heavy atom. The third-order valence-corrected chi connectivity index (χ3v) is 3.15. The minimum absolute atomic E-state index is 0.0236. The predicted octanol–water partition coefficient (Wildman–Crippen LogP) is 3.50. The average molecular weight is 251 g/mol. The smallest absolute Gasteiger partial charge is 0.161 e. The lowest BCUT2D eigenvalue weighted by Gasteiger charge is -2.22. The Morgan fingerprint density at radius 3 is 2.17 bits per heavy atom. The molecule has 0 spiro atoms. The van der Waals surface area contributed by atoms with E-state index in [4.69, 9.17) is 0 Å². The largest absolute Gasteiger partial charge is 0.504 e. The number of para-hydroxylation sites is 1. The summed E-state index contributed by atoms with van der Waals surface area (Å²) < 4.78 is 0. The minimum Gasteiger partial charge on any atom is -0.504 e. The molecule has 3 nitrogen and oxygen atoms in total. The molecule has 0 amide bonds. The van der Waals surface area contributed by atoms with E-state index in [1.807, 2.05) is 6.07 Å². The van der Waals surface area contributed by atoms with Crippen LogP contribution in [-0.2, 0) is 6.54 Å². The van der Waals surface area contributed by atoms with Crippen molar-refractivity contribution in [2.24, 2.45) is 0 Å². The van der Waals surface area contributed by atoms with E-state index in [2.05, 4.69) is 18.7 Å². The monoisotopic (exact) mass is 251 g/mol. The van der Waals surface area contributed by atoms with E-state index >= 15 is 0 Å². The van der Waals surface area contributed by atoms with Gasteiger partial charge >= 0.3 is 0 Å². The summed E-state index contributed by atoms with van der Waals surface area (Å²) in [5, 5.41) is 19.3. The van der Waals surface area contributed by atoms with E-state index in [1.165, 1.54) is 31.7 Å². The lowest BCUT2D eigenvalue weighted by atomic mass is 10.1. The fourth-order valence-corrected chi connectivity index (χ4v) is 1.98. The molecular weight excluding hydrogens is 226 g/mol. The van der Waals surface area contributed by atoms with Crippen LogP contribution in [0.15, 0.2) is 18.2 Å². The SMILES string of the molecule is CCCCN(CCCC)Cc1cccc(O)c1O. The molecule has 1 rings (SSSR count). The summed E-state index contributed by atoms with van der Waals surface area (Å²) in [6.45, 7) is 7.17. The molecule has 0 atom stereocenters. The zero-order valence-electron chi connectivity index (χ0n) is 11.5. The second kappa shape index (κ2) is 7.98. The van der Waals surface area contributed by atoms with Crippen LogP contribution in [-0.4, -0.2) is 28.2 Å². The van der Waals surface area contributed by atoms with Gasteiger partial charge in [-0.3, -0.25) is 4.90 Å². The van der Waals surface area contributed by atoms with Crippen molar-refractivity contribution >= 4 is 0 Å². The topological polar surface area (TPSA) is 43.7 Å². The average Bonchev–Trinajstić information content (AvgIpc) is 2.38. The normalized spacial score (nSPS) is 11.1. The van der Waals surface area contributed by atoms with Gasteiger partial charge in [0.25, 0.3) is 0 Å². The summed E-state index contributed by atoms with van der Waals surface area (Å²) in [7, 11) is 0. The van der Waals surface area contributed by atoms with Gasteiger partial charge in [-0.1, -0.05) is 38.8 Å². The number of hydrogen-bond acceptors (Lipinski definition) is 3. The molecule has 0 aliphatic carbocycles. The second-order valence-electron chi connectivity index (χ2n) is 4.77. The Balaban J connectivity index is 2.65. The van der Waals surface area contributed by atoms with Gasteiger partial charge in [-0.2, -0.15) is 0 Å². The Bertz CT molecular complexity index is 344. The molecule has 3 heteroatoms. The zero-order chi connectivity index (χ0) is 13.4. The molecule has 0 saturated heterocycles. The quantitative estimate of drug-likeness (QED) is 0.695. The first kappa shape index (κ1) is 14.8. The molecule has 102 valence electrons. The number of hydrogen-bond donors (Lipinski definition) is 2. The molecule has 0 aliphatic heterocycles. The first-order valence-electron chi connectivity index (χ1n) is 6.91. The summed E-state index contributed by atoms with van der Waals surface area (Å²) in [6, 6.07) is 5.17. The fraction of sp³-hybridized carbons (Fsp3) is 0.600. The number of rotatable bonds is 8. The van der Waals surface area contributed by atoms with Gasteiger partial charge in [0.15, 0.2) is 11.5 Å². The highest BCUT2D eigenvalue weighted by atomic mass is 16.3. The van der Waals surface area contributed by atoms with E-state index in [1.54, 1.807) is 6.07 Å². The van der Waals surface area contributed by atoms with Gasteiger partial charge in [-0.25, -0.2) is 0 Å². The maximum Gasteiger partial charge on any atom is 0.161 e. The molecular formula is C15H25NO2. The number of benzene rings is 1. The fourth-order valence-electron chi connectivity index (χ4n) is 1.98. The summed E-state index contributed by atoms with van der Waals surface area (Å²) >= 11 is 0. The molecule has 0 saturated carbocycles. The first-order chi connectivity index (χ1) is 8.69. The zero-order valence-corrected chi connectivity index (χ0v) is 11.5. The Labute approximate surface area is 110 Å². The molecule has 0 fully saturated rings. The van der Waals surface area contributed by atoms with Crippen LogP contribution in [0, 0.1) is 0 Å². The van der Waals surface area contributed by atoms with E-state index in [0.717, 1.165) is 18.7 Å². The third-order valence-electron chi connectivity index (χ3n) is 3.15. The van der Waals surface area contributed by atoms with Crippen LogP contribution in [0.25, 0.3) is 0 Å². The van der Waals surface area contributed by atoms with Crippen LogP contribution in [0.3, 0.4) is 0 Å². The maximum atomic E-state index is 9.82. The predicted molar refractivity (Wildman–Crippen MR) is 74.9 cm³/mol. The highest BCUT2D eigenvalue weighted by molar-refractivity contribution is 5.44. The number of nitrogens with zero attached hydrogens (tertiary/aromatic N) is 1. The Hall–Kier alpha value is -1.22. The van der Waals surface area contributed by atoms with Crippen LogP contribution in [0.2, 0.25) is 0 Å². The van der Waals surface area contributed by atoms with E-state index in [0.29, 0.717) is 6.54 Å². The van der Waals surface area contributed by atoms with Crippen molar-refractivity contribution in [2.45, 2.75) is 46.1 Å². The summed E-state index contributed by atoms with van der Waals surface area (Å²) in [4.78, 5) is 2.35. The van der Waals surface area contributed by atoms with Crippen LogP contribution in [0.5, 0.6) is 11.5 Å². The van der Waals surface area contributed by atoms with Crippen molar-refractivity contribution in [3.8, 4) is 11.5 Å². The van der Waals surface area contributed by atoms with Crippen LogP contribution in [0.4, 0.5) is 0 Å². The van der Waals surface area contributed by atoms with Gasteiger partial charge < -0.3 is 10.2 Å². The molecule has 1 aromatic carbocycles. The molecule has 0 aromatic heterocycles. The highest BCUT2D eigenvalue weighted by Crippen LogP contribution is 2.29. The Morgan fingerprint density at radius 2 is 1.61 bits per heavy atom. The van der Waals surface area contributed by atoms with Gasteiger partial charge in [0.2, 0.25) is 0 Å². The van der Waals surface area contributed by atoms with Crippen molar-refractivity contribution < 1.29 is 10.2 Å². The van der Waals surface area contributed by atoms with Gasteiger partial charge in [0.1, 0.15) is 0 Å². The summed E-state index contributed by atoms with van der Waals surface area (Å²) in [5.74, 6) is -0.00562. The second-order valence-corrected chi connectivity index (χ2v) is 4.77. The van der Waals surface area contributed by atoms with Gasteiger partial charge in [-0.05, 0) is 32.0 Å². The van der Waals surface area contributed by atoms with Crippen LogP contribution < -0.4 is 0 Å². The van der Waals surface area contributed by atoms with Crippen molar-refractivity contribution in [1.29, 1.82) is 0 Å². The maximum absolute atomic E-state index is 9.82. The van der Waals surface area contributed by atoms with Gasteiger partial charge in [-0.15, -0.1) is 0 Å². The molecule has 0 radical (unpaired) electrons. The number of aromatic hydroxyl groups is 2. The summed E-state index contributed by atoms with van der Waals surface area (Å²) in [5.41, 5.74) is 0.808. The standard InChI is InChI=1S/C15H25NO2/c1-3-5-10-16(11-6-4-2)12-13-8-7-9-14(17)15(13)18/h7-9,17-18H,3-6,10-12H2,1-2H3. The van der Waals surface area contributed by atoms with Crippen LogP contribution in [0.1, 0.15) is 45.1 Å². The van der Waals surface area contributed by atoms with E-state index in [-0.39, 0.29) is 11.5 Å². The van der Waals surface area contributed by atoms with Crippen molar-refractivity contribution in [3.63, 3.8) is 0 Å². The van der Waals surface area contributed by atoms with Gasteiger partial charge in [0, 0.05) is 12.1 Å². The number of phenolic OH excluding ortho intramolecular Hbond substituents is 2. The molecule has 18 heavy (non-hydrogen) atoms. The first-order valence-corrected chi connectivity index (χ1v) is 6.91. The molecule has 2 N–H and O–H groups in total.